The van der Waals surface area contributed by atoms with Crippen molar-refractivity contribution in [3.05, 3.63) is 65.9 Å². The lowest BCUT2D eigenvalue weighted by Crippen LogP contribution is -2.38. The molecular weight excluding hydrogens is 328 g/mol. The highest BCUT2D eigenvalue weighted by Gasteiger charge is 2.30. The number of rotatable bonds is 4. The van der Waals surface area contributed by atoms with Crippen LogP contribution in [0.1, 0.15) is 25.2 Å². The molecule has 1 unspecified atom stereocenters. The molecule has 0 saturated heterocycles. The van der Waals surface area contributed by atoms with Crippen LogP contribution in [0.15, 0.2) is 64.2 Å². The summed E-state index contributed by atoms with van der Waals surface area (Å²) in [5.74, 6) is 0.544. The third-order valence-electron chi connectivity index (χ3n) is 4.65. The minimum absolute atomic E-state index is 0.0939. The Morgan fingerprint density at radius 1 is 1.23 bits per heavy atom. The van der Waals surface area contributed by atoms with Crippen LogP contribution in [0.25, 0.3) is 11.0 Å². The number of hydrogen-bond acceptors (Lipinski definition) is 4. The second-order valence-electron chi connectivity index (χ2n) is 6.54. The summed E-state index contributed by atoms with van der Waals surface area (Å²) in [6.45, 7) is 3.74. The first-order valence-corrected chi connectivity index (χ1v) is 8.69. The lowest BCUT2D eigenvalue weighted by atomic mass is 10.1. The Bertz CT molecular complexity index is 957. The molecule has 0 spiro atoms. The van der Waals surface area contributed by atoms with Crippen molar-refractivity contribution in [2.45, 2.75) is 26.3 Å². The van der Waals surface area contributed by atoms with Gasteiger partial charge in [-0.15, -0.1) is 0 Å². The molecule has 1 aliphatic rings. The van der Waals surface area contributed by atoms with Gasteiger partial charge in [0.1, 0.15) is 11.3 Å². The van der Waals surface area contributed by atoms with Crippen LogP contribution in [-0.2, 0) is 16.1 Å². The van der Waals surface area contributed by atoms with E-state index >= 15 is 0 Å². The van der Waals surface area contributed by atoms with Crippen molar-refractivity contribution in [2.75, 3.05) is 11.5 Å². The number of para-hydroxylation sites is 2. The Hall–Kier alpha value is -3.08. The summed E-state index contributed by atoms with van der Waals surface area (Å²) in [6.07, 6.45) is 0.864. The summed E-state index contributed by atoms with van der Waals surface area (Å²) in [7, 11) is 0. The Kier molecular flexibility index (Phi) is 4.21. The first-order valence-electron chi connectivity index (χ1n) is 8.69. The average Bonchev–Trinajstić information content (AvgIpc) is 3.21. The van der Waals surface area contributed by atoms with E-state index in [1.807, 2.05) is 55.5 Å². The maximum atomic E-state index is 12.6. The standard InChI is InChI=1S/C21H20N2O3/c1-14-11-16-7-3-5-9-18(16)23(14)21(24)13-25-22-15(2)20-12-17-8-4-6-10-19(17)26-20/h3-10,12,14H,11,13H2,1-2H3/b22-15+. The largest absolute Gasteiger partial charge is 0.455 e. The summed E-state index contributed by atoms with van der Waals surface area (Å²) in [6, 6.07) is 17.8. The number of nitrogens with zero attached hydrogens (tertiary/aromatic N) is 2. The molecule has 1 atom stereocenters. The van der Waals surface area contributed by atoms with Crippen LogP contribution in [0.2, 0.25) is 0 Å². The van der Waals surface area contributed by atoms with Gasteiger partial charge in [0.25, 0.3) is 5.91 Å². The number of carbonyl (C=O) groups excluding carboxylic acids is 1. The summed E-state index contributed by atoms with van der Waals surface area (Å²) < 4.78 is 5.74. The molecule has 0 fully saturated rings. The highest BCUT2D eigenvalue weighted by atomic mass is 16.6. The minimum atomic E-state index is -0.101. The molecular formula is C21H20N2O3. The van der Waals surface area contributed by atoms with Crippen molar-refractivity contribution in [2.24, 2.45) is 5.16 Å². The summed E-state index contributed by atoms with van der Waals surface area (Å²) in [5, 5.41) is 5.07. The molecule has 0 radical (unpaired) electrons. The highest BCUT2D eigenvalue weighted by molar-refractivity contribution is 6.00. The van der Waals surface area contributed by atoms with Crippen molar-refractivity contribution in [3.8, 4) is 0 Å². The molecule has 2 aromatic carbocycles. The third-order valence-corrected chi connectivity index (χ3v) is 4.65. The van der Waals surface area contributed by atoms with Gasteiger partial charge in [0, 0.05) is 17.1 Å². The fourth-order valence-electron chi connectivity index (χ4n) is 3.40. The minimum Gasteiger partial charge on any atom is -0.455 e. The van der Waals surface area contributed by atoms with Crippen molar-refractivity contribution < 1.29 is 14.0 Å². The average molecular weight is 348 g/mol. The van der Waals surface area contributed by atoms with E-state index in [4.69, 9.17) is 9.25 Å². The quantitative estimate of drug-likeness (QED) is 0.526. The van der Waals surface area contributed by atoms with E-state index in [0.717, 1.165) is 23.1 Å². The molecule has 3 aromatic rings. The molecule has 0 N–H and O–H groups in total. The van der Waals surface area contributed by atoms with E-state index in [2.05, 4.69) is 11.2 Å². The lowest BCUT2D eigenvalue weighted by Gasteiger charge is -2.21. The predicted molar refractivity (Wildman–Crippen MR) is 101 cm³/mol. The van der Waals surface area contributed by atoms with Crippen LogP contribution in [0, 0.1) is 0 Å². The second-order valence-corrected chi connectivity index (χ2v) is 6.54. The Morgan fingerprint density at radius 2 is 2.00 bits per heavy atom. The van der Waals surface area contributed by atoms with Gasteiger partial charge in [0.15, 0.2) is 12.4 Å². The SMILES string of the molecule is C/C(=N\OCC(=O)N1c2ccccc2CC1C)c1cc2ccccc2o1. The van der Waals surface area contributed by atoms with Crippen molar-refractivity contribution in [1.29, 1.82) is 0 Å². The molecule has 5 nitrogen and oxygen atoms in total. The first-order chi connectivity index (χ1) is 12.6. The van der Waals surface area contributed by atoms with Crippen molar-refractivity contribution in [3.63, 3.8) is 0 Å². The Balaban J connectivity index is 1.44. The number of furan rings is 1. The molecule has 2 heterocycles. The number of hydrogen-bond donors (Lipinski definition) is 0. The van der Waals surface area contributed by atoms with Crippen LogP contribution >= 0.6 is 0 Å². The van der Waals surface area contributed by atoms with E-state index in [1.54, 1.807) is 11.8 Å². The maximum absolute atomic E-state index is 12.6. The molecule has 4 rings (SSSR count). The van der Waals surface area contributed by atoms with E-state index in [9.17, 15) is 4.79 Å². The summed E-state index contributed by atoms with van der Waals surface area (Å²) in [4.78, 5) is 19.7. The molecule has 1 aromatic heterocycles. The lowest BCUT2D eigenvalue weighted by molar-refractivity contribution is -0.123. The van der Waals surface area contributed by atoms with Gasteiger partial charge in [-0.3, -0.25) is 4.79 Å². The third kappa shape index (κ3) is 2.96. The molecule has 1 aliphatic heterocycles. The van der Waals surface area contributed by atoms with Crippen molar-refractivity contribution in [1.82, 2.24) is 0 Å². The van der Waals surface area contributed by atoms with E-state index in [-0.39, 0.29) is 18.6 Å². The topological polar surface area (TPSA) is 55.0 Å². The van der Waals surface area contributed by atoms with Crippen LogP contribution in [0.5, 0.6) is 0 Å². The molecule has 0 bridgehead atoms. The van der Waals surface area contributed by atoms with Gasteiger partial charge in [-0.2, -0.15) is 0 Å². The number of fused-ring (bicyclic) bond motifs is 2. The Morgan fingerprint density at radius 3 is 2.85 bits per heavy atom. The molecule has 26 heavy (non-hydrogen) atoms. The molecule has 0 saturated carbocycles. The molecule has 132 valence electrons. The Labute approximate surface area is 151 Å². The van der Waals surface area contributed by atoms with E-state index < -0.39 is 0 Å². The van der Waals surface area contributed by atoms with Gasteiger partial charge < -0.3 is 14.2 Å². The van der Waals surface area contributed by atoms with E-state index in [0.29, 0.717) is 11.5 Å². The zero-order chi connectivity index (χ0) is 18.1. The van der Waals surface area contributed by atoms with Crippen LogP contribution in [-0.4, -0.2) is 24.3 Å². The van der Waals surface area contributed by atoms with Crippen LogP contribution < -0.4 is 4.90 Å². The van der Waals surface area contributed by atoms with Gasteiger partial charge >= 0.3 is 0 Å². The highest BCUT2D eigenvalue weighted by Crippen LogP contribution is 2.31. The number of benzene rings is 2. The monoisotopic (exact) mass is 348 g/mol. The van der Waals surface area contributed by atoms with Gasteiger partial charge in [0.05, 0.1) is 0 Å². The molecule has 5 heteroatoms. The van der Waals surface area contributed by atoms with Gasteiger partial charge in [-0.25, -0.2) is 0 Å². The first kappa shape index (κ1) is 16.4. The second kappa shape index (κ2) is 6.67. The van der Waals surface area contributed by atoms with Crippen LogP contribution in [0.4, 0.5) is 5.69 Å². The zero-order valence-electron chi connectivity index (χ0n) is 14.8. The normalized spacial score (nSPS) is 16.8. The van der Waals surface area contributed by atoms with Gasteiger partial charge in [-0.05, 0) is 44.0 Å². The van der Waals surface area contributed by atoms with Crippen molar-refractivity contribution >= 4 is 28.3 Å². The molecule has 0 aliphatic carbocycles. The number of anilines is 1. The van der Waals surface area contributed by atoms with E-state index in [1.165, 1.54) is 5.56 Å². The van der Waals surface area contributed by atoms with Crippen LogP contribution in [0.3, 0.4) is 0 Å². The maximum Gasteiger partial charge on any atom is 0.268 e. The zero-order valence-corrected chi connectivity index (χ0v) is 14.8. The molecule has 1 amide bonds. The summed E-state index contributed by atoms with van der Waals surface area (Å²) >= 11 is 0. The smallest absolute Gasteiger partial charge is 0.268 e. The number of oxime groups is 1. The van der Waals surface area contributed by atoms with Gasteiger partial charge in [0.2, 0.25) is 0 Å². The fraction of sp³-hybridized carbons (Fsp3) is 0.238. The fourth-order valence-corrected chi connectivity index (χ4v) is 3.40. The number of amides is 1. The number of carbonyl (C=O) groups is 1. The van der Waals surface area contributed by atoms with Gasteiger partial charge in [-0.1, -0.05) is 41.6 Å². The predicted octanol–water partition coefficient (Wildman–Crippen LogP) is 4.15. The summed E-state index contributed by atoms with van der Waals surface area (Å²) in [5.41, 5.74) is 3.56.